The Morgan fingerprint density at radius 1 is 1.24 bits per heavy atom. The smallest absolute Gasteiger partial charge is 0.351 e. The van der Waals surface area contributed by atoms with Crippen molar-refractivity contribution in [2.24, 2.45) is 0 Å². The minimum absolute atomic E-state index is 0.0265. The highest BCUT2D eigenvalue weighted by Crippen LogP contribution is 2.36. The lowest BCUT2D eigenvalue weighted by atomic mass is 10.1. The molecule has 2 aromatic rings. The summed E-state index contributed by atoms with van der Waals surface area (Å²) in [4.78, 5) is -0.264. The fraction of sp³-hybridized carbons (Fsp3) is 0.182. The van der Waals surface area contributed by atoms with E-state index in [2.05, 4.69) is 9.68 Å². The van der Waals surface area contributed by atoms with Crippen LogP contribution in [0.25, 0.3) is 11.3 Å². The van der Waals surface area contributed by atoms with Crippen molar-refractivity contribution in [1.29, 1.82) is 0 Å². The summed E-state index contributed by atoms with van der Waals surface area (Å²) >= 11 is 5.91. The Balaban J connectivity index is 2.62. The maximum Gasteiger partial charge on any atom is 0.452 e. The molecule has 0 unspecified atom stereocenters. The van der Waals surface area contributed by atoms with E-state index in [-0.39, 0.29) is 26.7 Å². The first kappa shape index (κ1) is 16.1. The maximum absolute atomic E-state index is 12.5. The summed E-state index contributed by atoms with van der Waals surface area (Å²) in [7, 11) is 1.19. The molecule has 0 saturated carbocycles. The largest absolute Gasteiger partial charge is 0.452 e. The van der Waals surface area contributed by atoms with E-state index in [0.717, 1.165) is 6.07 Å². The Hall–Kier alpha value is -1.25. The summed E-state index contributed by atoms with van der Waals surface area (Å²) in [5, 5.41) is 3.28. The van der Waals surface area contributed by atoms with Crippen molar-refractivity contribution in [2.75, 3.05) is 0 Å². The molecule has 1 heterocycles. The van der Waals surface area contributed by atoms with Gasteiger partial charge in [-0.3, -0.25) is 0 Å². The van der Waals surface area contributed by atoms with E-state index in [1.54, 1.807) is 0 Å². The van der Waals surface area contributed by atoms with Crippen LogP contribution < -0.4 is 0 Å². The minimum atomic E-state index is -4.70. The average Bonchev–Trinajstić information content (AvgIpc) is 2.75. The third kappa shape index (κ3) is 3.33. The van der Waals surface area contributed by atoms with E-state index in [0.29, 0.717) is 6.07 Å². The van der Waals surface area contributed by atoms with Gasteiger partial charge in [0.25, 0.3) is 9.05 Å². The Kier molecular flexibility index (Phi) is 3.98. The van der Waals surface area contributed by atoms with Gasteiger partial charge in [0.15, 0.2) is 0 Å². The average molecular weight is 360 g/mol. The summed E-state index contributed by atoms with van der Waals surface area (Å²) in [6.45, 7) is 1.45. The van der Waals surface area contributed by atoms with Crippen LogP contribution in [-0.4, -0.2) is 13.6 Å². The van der Waals surface area contributed by atoms with Crippen molar-refractivity contribution in [1.82, 2.24) is 5.16 Å². The summed E-state index contributed by atoms with van der Waals surface area (Å²) in [5.41, 5.74) is -0.00655. The van der Waals surface area contributed by atoms with E-state index in [1.165, 1.54) is 13.0 Å². The number of aryl methyl sites for hydroxylation is 1. The topological polar surface area (TPSA) is 60.2 Å². The second-order valence-electron chi connectivity index (χ2n) is 4.11. The normalized spacial score (nSPS) is 12.7. The summed E-state index contributed by atoms with van der Waals surface area (Å²) in [6.07, 6.45) is -4.70. The molecule has 1 aromatic carbocycles. The molecule has 0 aliphatic heterocycles. The number of halogens is 5. The molecular formula is C11H6Cl2F3NO3S. The highest BCUT2D eigenvalue weighted by Gasteiger charge is 2.36. The van der Waals surface area contributed by atoms with Crippen molar-refractivity contribution in [3.05, 3.63) is 34.5 Å². The summed E-state index contributed by atoms with van der Waals surface area (Å²) < 4.78 is 64.4. The zero-order valence-corrected chi connectivity index (χ0v) is 12.5. The standard InChI is InChI=1S/C11H6Cl2F3NO3S/c1-5-2-7(12)6(3-9(5)21(13,18)19)8-4-10(20-17-8)11(14,15)16/h2-4H,1H3. The van der Waals surface area contributed by atoms with E-state index in [9.17, 15) is 21.6 Å². The molecule has 21 heavy (non-hydrogen) atoms. The second kappa shape index (κ2) is 5.19. The van der Waals surface area contributed by atoms with Gasteiger partial charge in [0.05, 0.1) is 9.92 Å². The molecule has 0 saturated heterocycles. The maximum atomic E-state index is 12.5. The van der Waals surface area contributed by atoms with Crippen LogP contribution in [-0.2, 0) is 15.2 Å². The molecule has 114 valence electrons. The minimum Gasteiger partial charge on any atom is -0.351 e. The van der Waals surface area contributed by atoms with Crippen LogP contribution in [0.5, 0.6) is 0 Å². The molecule has 4 nitrogen and oxygen atoms in total. The third-order valence-electron chi connectivity index (χ3n) is 2.59. The summed E-state index contributed by atoms with van der Waals surface area (Å²) in [5.74, 6) is -1.32. The number of rotatable bonds is 2. The zero-order valence-electron chi connectivity index (χ0n) is 10.2. The van der Waals surface area contributed by atoms with E-state index in [4.69, 9.17) is 22.3 Å². The molecule has 0 bridgehead atoms. The number of aromatic nitrogens is 1. The lowest BCUT2D eigenvalue weighted by Gasteiger charge is -2.06. The van der Waals surface area contributed by atoms with E-state index < -0.39 is 21.0 Å². The highest BCUT2D eigenvalue weighted by atomic mass is 35.7. The Labute approximate surface area is 126 Å². The van der Waals surface area contributed by atoms with Gasteiger partial charge in [-0.25, -0.2) is 8.42 Å². The molecule has 0 spiro atoms. The van der Waals surface area contributed by atoms with Crippen LogP contribution in [0.2, 0.25) is 5.02 Å². The molecule has 0 amide bonds. The summed E-state index contributed by atoms with van der Waals surface area (Å²) in [6, 6.07) is 2.95. The van der Waals surface area contributed by atoms with Crippen LogP contribution in [0, 0.1) is 6.92 Å². The molecule has 0 radical (unpaired) electrons. The third-order valence-corrected chi connectivity index (χ3v) is 4.37. The predicted octanol–water partition coefficient (Wildman–Crippen LogP) is 4.25. The van der Waals surface area contributed by atoms with Gasteiger partial charge in [0.2, 0.25) is 5.76 Å². The molecule has 2 rings (SSSR count). The van der Waals surface area contributed by atoms with E-state index >= 15 is 0 Å². The molecule has 0 aliphatic rings. The van der Waals surface area contributed by atoms with Crippen LogP contribution in [0.15, 0.2) is 27.6 Å². The fourth-order valence-electron chi connectivity index (χ4n) is 1.65. The number of alkyl halides is 3. The number of benzene rings is 1. The Bertz CT molecular complexity index is 800. The molecule has 0 aliphatic carbocycles. The Morgan fingerprint density at radius 2 is 1.86 bits per heavy atom. The Morgan fingerprint density at radius 3 is 2.33 bits per heavy atom. The number of hydrogen-bond acceptors (Lipinski definition) is 4. The van der Waals surface area contributed by atoms with Crippen LogP contribution in [0.1, 0.15) is 11.3 Å². The quantitative estimate of drug-likeness (QED) is 0.752. The van der Waals surface area contributed by atoms with Crippen LogP contribution >= 0.6 is 22.3 Å². The molecular weight excluding hydrogens is 354 g/mol. The number of hydrogen-bond donors (Lipinski definition) is 0. The van der Waals surface area contributed by atoms with Gasteiger partial charge in [0, 0.05) is 22.3 Å². The molecule has 10 heteroatoms. The first-order chi connectivity index (χ1) is 9.50. The molecule has 0 atom stereocenters. The zero-order chi connectivity index (χ0) is 16.0. The first-order valence-electron chi connectivity index (χ1n) is 5.29. The second-order valence-corrected chi connectivity index (χ2v) is 7.05. The van der Waals surface area contributed by atoms with Crippen molar-refractivity contribution < 1.29 is 26.1 Å². The molecule has 1 aromatic heterocycles. The van der Waals surface area contributed by atoms with Gasteiger partial charge in [-0.1, -0.05) is 16.8 Å². The SMILES string of the molecule is Cc1cc(Cl)c(-c2cc(C(F)(F)F)on2)cc1S(=O)(=O)Cl. The van der Waals surface area contributed by atoms with Gasteiger partial charge in [-0.2, -0.15) is 13.2 Å². The van der Waals surface area contributed by atoms with Crippen LogP contribution in [0.4, 0.5) is 13.2 Å². The van der Waals surface area contributed by atoms with Gasteiger partial charge < -0.3 is 4.52 Å². The molecule has 0 fully saturated rings. The van der Waals surface area contributed by atoms with Gasteiger partial charge in [-0.15, -0.1) is 0 Å². The van der Waals surface area contributed by atoms with Crippen molar-refractivity contribution in [3.8, 4) is 11.3 Å². The van der Waals surface area contributed by atoms with E-state index in [1.807, 2.05) is 0 Å². The van der Waals surface area contributed by atoms with Crippen molar-refractivity contribution >= 4 is 31.3 Å². The monoisotopic (exact) mass is 359 g/mol. The number of nitrogens with zero attached hydrogens (tertiary/aromatic N) is 1. The van der Waals surface area contributed by atoms with Crippen molar-refractivity contribution in [2.45, 2.75) is 18.0 Å². The van der Waals surface area contributed by atoms with Crippen molar-refractivity contribution in [3.63, 3.8) is 0 Å². The first-order valence-corrected chi connectivity index (χ1v) is 7.98. The molecule has 0 N–H and O–H groups in total. The fourth-order valence-corrected chi connectivity index (χ4v) is 3.16. The lowest BCUT2D eigenvalue weighted by molar-refractivity contribution is -0.155. The predicted molar refractivity (Wildman–Crippen MR) is 69.7 cm³/mol. The van der Waals surface area contributed by atoms with Gasteiger partial charge >= 0.3 is 6.18 Å². The van der Waals surface area contributed by atoms with Gasteiger partial charge in [-0.05, 0) is 24.6 Å². The lowest BCUT2D eigenvalue weighted by Crippen LogP contribution is -2.02. The van der Waals surface area contributed by atoms with Gasteiger partial charge in [0.1, 0.15) is 5.69 Å². The highest BCUT2D eigenvalue weighted by molar-refractivity contribution is 8.13. The van der Waals surface area contributed by atoms with Crippen LogP contribution in [0.3, 0.4) is 0 Å².